The van der Waals surface area contributed by atoms with Crippen LogP contribution in [0.2, 0.25) is 0 Å². The molecular weight excluding hydrogens is 242 g/mol. The Morgan fingerprint density at radius 1 is 1.53 bits per heavy atom. The van der Waals surface area contributed by atoms with E-state index in [4.69, 9.17) is 9.47 Å². The van der Waals surface area contributed by atoms with Crippen molar-refractivity contribution in [3.63, 3.8) is 0 Å². The highest BCUT2D eigenvalue weighted by molar-refractivity contribution is 5.29. The maximum Gasteiger partial charge on any atom is 0.161 e. The average molecular weight is 267 g/mol. The molecule has 1 fully saturated rings. The number of nitrogens with zero attached hydrogens (tertiary/aromatic N) is 2. The molecule has 1 N–H and O–H groups in total. The minimum absolute atomic E-state index is 0.206. The highest BCUT2D eigenvalue weighted by Gasteiger charge is 2.36. The summed E-state index contributed by atoms with van der Waals surface area (Å²) in [5.74, 6) is 1.31. The van der Waals surface area contributed by atoms with E-state index < -0.39 is 0 Å². The second kappa shape index (κ2) is 5.92. The molecule has 0 aromatic carbocycles. The fraction of sp³-hybridized carbons (Fsp3) is 0.786. The Labute approximate surface area is 115 Å². The number of methoxy groups -OCH3 is 1. The van der Waals surface area contributed by atoms with Crippen LogP contribution in [0.5, 0.6) is 5.75 Å². The molecule has 0 bridgehead atoms. The van der Waals surface area contributed by atoms with Gasteiger partial charge in [0.05, 0.1) is 31.1 Å². The fourth-order valence-electron chi connectivity index (χ4n) is 2.96. The van der Waals surface area contributed by atoms with E-state index in [9.17, 15) is 0 Å². The summed E-state index contributed by atoms with van der Waals surface area (Å²) in [4.78, 5) is 0. The molecule has 1 aromatic rings. The van der Waals surface area contributed by atoms with E-state index in [-0.39, 0.29) is 12.1 Å². The monoisotopic (exact) mass is 267 g/mol. The first-order chi connectivity index (χ1) is 9.10. The van der Waals surface area contributed by atoms with Gasteiger partial charge in [-0.3, -0.25) is 4.68 Å². The Morgan fingerprint density at radius 3 is 2.74 bits per heavy atom. The zero-order chi connectivity index (χ0) is 14.0. The molecule has 0 spiro atoms. The zero-order valence-electron chi connectivity index (χ0n) is 12.5. The smallest absolute Gasteiger partial charge is 0.161 e. The quantitative estimate of drug-likeness (QED) is 0.888. The lowest BCUT2D eigenvalue weighted by Gasteiger charge is -2.27. The van der Waals surface area contributed by atoms with Gasteiger partial charge in [-0.1, -0.05) is 0 Å². The highest BCUT2D eigenvalue weighted by Crippen LogP contribution is 2.37. The molecule has 2 rings (SSSR count). The SMILES string of the molecule is CNC(c1c(OC)cnn1C(C)C)C1CCOC1C. The molecule has 0 amide bonds. The van der Waals surface area contributed by atoms with Crippen molar-refractivity contribution in [2.75, 3.05) is 20.8 Å². The Kier molecular flexibility index (Phi) is 4.47. The Morgan fingerprint density at radius 2 is 2.26 bits per heavy atom. The number of aromatic nitrogens is 2. The van der Waals surface area contributed by atoms with Crippen LogP contribution in [-0.4, -0.2) is 36.6 Å². The number of ether oxygens (including phenoxy) is 2. The van der Waals surface area contributed by atoms with Crippen molar-refractivity contribution in [2.24, 2.45) is 5.92 Å². The molecule has 1 aliphatic heterocycles. The molecule has 0 aliphatic carbocycles. The summed E-state index contributed by atoms with van der Waals surface area (Å²) >= 11 is 0. The third-order valence-electron chi connectivity index (χ3n) is 3.98. The second-order valence-electron chi connectivity index (χ2n) is 5.43. The van der Waals surface area contributed by atoms with Gasteiger partial charge in [-0.05, 0) is 34.2 Å². The van der Waals surface area contributed by atoms with Gasteiger partial charge in [-0.25, -0.2) is 0 Å². The molecule has 3 atom stereocenters. The normalized spacial score (nSPS) is 24.9. The van der Waals surface area contributed by atoms with Crippen LogP contribution in [-0.2, 0) is 4.74 Å². The molecule has 5 heteroatoms. The predicted octanol–water partition coefficient (Wildman–Crippen LogP) is 2.16. The van der Waals surface area contributed by atoms with Crippen LogP contribution in [0.1, 0.15) is 45.0 Å². The van der Waals surface area contributed by atoms with Crippen LogP contribution in [0, 0.1) is 5.92 Å². The number of hydrogen-bond acceptors (Lipinski definition) is 4. The first-order valence-electron chi connectivity index (χ1n) is 7.00. The van der Waals surface area contributed by atoms with Gasteiger partial charge < -0.3 is 14.8 Å². The maximum absolute atomic E-state index is 5.71. The summed E-state index contributed by atoms with van der Waals surface area (Å²) < 4.78 is 13.2. The van der Waals surface area contributed by atoms with Gasteiger partial charge in [0.1, 0.15) is 0 Å². The number of nitrogens with one attached hydrogen (secondary N) is 1. The topological polar surface area (TPSA) is 48.3 Å². The third kappa shape index (κ3) is 2.62. The molecule has 3 unspecified atom stereocenters. The van der Waals surface area contributed by atoms with Crippen molar-refractivity contribution < 1.29 is 9.47 Å². The molecule has 5 nitrogen and oxygen atoms in total. The second-order valence-corrected chi connectivity index (χ2v) is 5.43. The first-order valence-corrected chi connectivity index (χ1v) is 7.00. The molecule has 2 heterocycles. The molecule has 1 aliphatic rings. The van der Waals surface area contributed by atoms with E-state index in [1.165, 1.54) is 0 Å². The van der Waals surface area contributed by atoms with Crippen LogP contribution in [0.4, 0.5) is 0 Å². The van der Waals surface area contributed by atoms with E-state index in [1.54, 1.807) is 13.3 Å². The van der Waals surface area contributed by atoms with E-state index in [0.29, 0.717) is 12.0 Å². The Hall–Kier alpha value is -1.07. The van der Waals surface area contributed by atoms with Gasteiger partial charge in [0, 0.05) is 18.6 Å². The molecule has 0 radical (unpaired) electrons. The van der Waals surface area contributed by atoms with E-state index in [0.717, 1.165) is 24.5 Å². The standard InChI is InChI=1S/C14H25N3O2/c1-9(2)17-14(12(18-5)8-16-17)13(15-4)11-6-7-19-10(11)3/h8-11,13,15H,6-7H2,1-5H3. The average Bonchev–Trinajstić information content (AvgIpc) is 2.98. The van der Waals surface area contributed by atoms with Gasteiger partial charge in [0.15, 0.2) is 5.75 Å². The molecule has 108 valence electrons. The van der Waals surface area contributed by atoms with Gasteiger partial charge >= 0.3 is 0 Å². The fourth-order valence-corrected chi connectivity index (χ4v) is 2.96. The van der Waals surface area contributed by atoms with Crippen LogP contribution in [0.15, 0.2) is 6.20 Å². The van der Waals surface area contributed by atoms with E-state index >= 15 is 0 Å². The first kappa shape index (κ1) is 14.3. The van der Waals surface area contributed by atoms with Gasteiger partial charge in [0.25, 0.3) is 0 Å². The Balaban J connectivity index is 2.38. The van der Waals surface area contributed by atoms with E-state index in [1.807, 2.05) is 11.7 Å². The Bertz CT molecular complexity index is 417. The van der Waals surface area contributed by atoms with Gasteiger partial charge in [0.2, 0.25) is 0 Å². The van der Waals surface area contributed by atoms with Gasteiger partial charge in [-0.2, -0.15) is 5.10 Å². The van der Waals surface area contributed by atoms with Crippen molar-refractivity contribution in [3.05, 3.63) is 11.9 Å². The van der Waals surface area contributed by atoms with E-state index in [2.05, 4.69) is 31.2 Å². The van der Waals surface area contributed by atoms with Crippen molar-refractivity contribution >= 4 is 0 Å². The summed E-state index contributed by atoms with van der Waals surface area (Å²) in [6, 6.07) is 0.518. The lowest BCUT2D eigenvalue weighted by atomic mass is 9.90. The maximum atomic E-state index is 5.71. The largest absolute Gasteiger partial charge is 0.493 e. The van der Waals surface area contributed by atoms with Crippen LogP contribution in [0.3, 0.4) is 0 Å². The summed E-state index contributed by atoms with van der Waals surface area (Å²) in [5, 5.41) is 7.89. The van der Waals surface area contributed by atoms with Crippen LogP contribution >= 0.6 is 0 Å². The zero-order valence-corrected chi connectivity index (χ0v) is 12.5. The van der Waals surface area contributed by atoms with Crippen LogP contribution < -0.4 is 10.1 Å². The number of hydrogen-bond donors (Lipinski definition) is 1. The lowest BCUT2D eigenvalue weighted by Crippen LogP contribution is -2.32. The number of rotatable bonds is 5. The molecule has 0 saturated carbocycles. The minimum atomic E-state index is 0.206. The minimum Gasteiger partial charge on any atom is -0.493 e. The van der Waals surface area contributed by atoms with Gasteiger partial charge in [-0.15, -0.1) is 0 Å². The van der Waals surface area contributed by atoms with Crippen molar-refractivity contribution in [2.45, 2.75) is 45.4 Å². The summed E-state index contributed by atoms with van der Waals surface area (Å²) in [6.07, 6.45) is 3.14. The lowest BCUT2D eigenvalue weighted by molar-refractivity contribution is 0.0947. The highest BCUT2D eigenvalue weighted by atomic mass is 16.5. The summed E-state index contributed by atoms with van der Waals surface area (Å²) in [6.45, 7) is 7.25. The third-order valence-corrected chi connectivity index (χ3v) is 3.98. The van der Waals surface area contributed by atoms with Crippen molar-refractivity contribution in [1.82, 2.24) is 15.1 Å². The predicted molar refractivity (Wildman–Crippen MR) is 74.5 cm³/mol. The molecule has 19 heavy (non-hydrogen) atoms. The molecule has 1 saturated heterocycles. The summed E-state index contributed by atoms with van der Waals surface area (Å²) in [5.41, 5.74) is 1.13. The molecule has 1 aromatic heterocycles. The van der Waals surface area contributed by atoms with Crippen LogP contribution in [0.25, 0.3) is 0 Å². The van der Waals surface area contributed by atoms with Crippen molar-refractivity contribution in [3.8, 4) is 5.75 Å². The van der Waals surface area contributed by atoms with Crippen molar-refractivity contribution in [1.29, 1.82) is 0 Å². The molecular formula is C14H25N3O2. The summed E-state index contributed by atoms with van der Waals surface area (Å²) in [7, 11) is 3.69.